The van der Waals surface area contributed by atoms with Crippen LogP contribution in [0.25, 0.3) is 0 Å². The van der Waals surface area contributed by atoms with Crippen molar-refractivity contribution in [3.05, 3.63) is 0 Å². The van der Waals surface area contributed by atoms with Gasteiger partial charge in [0.25, 0.3) is 0 Å². The van der Waals surface area contributed by atoms with Crippen LogP contribution in [0.2, 0.25) is 0 Å². The Morgan fingerprint density at radius 2 is 1.80 bits per heavy atom. The predicted molar refractivity (Wildman–Crippen MR) is 46.2 cm³/mol. The lowest BCUT2D eigenvalue weighted by molar-refractivity contribution is 0.270. The highest BCUT2D eigenvalue weighted by atomic mass is 32.2. The Morgan fingerprint density at radius 1 is 1.20 bits per heavy atom. The molecule has 3 rings (SSSR count). The Balaban J connectivity index is 2.16. The van der Waals surface area contributed by atoms with Gasteiger partial charge in [-0.3, -0.25) is 0 Å². The molecule has 0 spiro atoms. The molecule has 2 heteroatoms. The number of fused-ring (bicyclic) bond motifs is 3. The van der Waals surface area contributed by atoms with Crippen LogP contribution >= 0.6 is 11.8 Å². The maximum absolute atomic E-state index is 6.13. The van der Waals surface area contributed by atoms with Crippen LogP contribution in [0.3, 0.4) is 0 Å². The molecule has 2 aliphatic heterocycles. The van der Waals surface area contributed by atoms with Crippen molar-refractivity contribution in [1.82, 2.24) is 0 Å². The van der Waals surface area contributed by atoms with E-state index in [9.17, 15) is 0 Å². The van der Waals surface area contributed by atoms with E-state index in [4.69, 9.17) is 5.73 Å². The fraction of sp³-hybridized carbons (Fsp3) is 1.00. The first kappa shape index (κ1) is 6.99. The van der Waals surface area contributed by atoms with Crippen molar-refractivity contribution in [3.63, 3.8) is 0 Å². The Hall–Kier alpha value is 0.310. The summed E-state index contributed by atoms with van der Waals surface area (Å²) in [5, 5.41) is 0. The Labute approximate surface area is 66.7 Å². The SMILES string of the molecule is CC12CCC(N)(CC1)CS2. The van der Waals surface area contributed by atoms with Gasteiger partial charge in [-0.1, -0.05) is 6.92 Å². The van der Waals surface area contributed by atoms with E-state index in [0.717, 1.165) is 0 Å². The van der Waals surface area contributed by atoms with E-state index in [1.165, 1.54) is 31.4 Å². The van der Waals surface area contributed by atoms with Crippen molar-refractivity contribution in [3.8, 4) is 0 Å². The summed E-state index contributed by atoms with van der Waals surface area (Å²) in [7, 11) is 0. The van der Waals surface area contributed by atoms with Gasteiger partial charge in [-0.2, -0.15) is 11.8 Å². The molecule has 3 fully saturated rings. The van der Waals surface area contributed by atoms with Crippen LogP contribution in [0.1, 0.15) is 32.6 Å². The first-order valence-corrected chi connectivity index (χ1v) is 5.03. The second kappa shape index (κ2) is 1.92. The molecular formula is C8H15NS. The molecule has 58 valence electrons. The number of thioether (sulfide) groups is 1. The second-order valence-electron chi connectivity index (χ2n) is 4.10. The summed E-state index contributed by atoms with van der Waals surface area (Å²) in [5.74, 6) is 1.20. The molecule has 0 unspecified atom stereocenters. The van der Waals surface area contributed by atoms with E-state index in [2.05, 4.69) is 18.7 Å². The van der Waals surface area contributed by atoms with Crippen molar-refractivity contribution < 1.29 is 0 Å². The molecule has 1 aliphatic carbocycles. The zero-order valence-electron chi connectivity index (χ0n) is 6.52. The Morgan fingerprint density at radius 3 is 2.10 bits per heavy atom. The number of hydrogen-bond acceptors (Lipinski definition) is 2. The quantitative estimate of drug-likeness (QED) is 0.580. The second-order valence-corrected chi connectivity index (χ2v) is 5.66. The summed E-state index contributed by atoms with van der Waals surface area (Å²) in [6.07, 6.45) is 5.20. The number of rotatable bonds is 0. The lowest BCUT2D eigenvalue weighted by atomic mass is 9.77. The van der Waals surface area contributed by atoms with E-state index in [1.807, 2.05) is 0 Å². The van der Waals surface area contributed by atoms with E-state index < -0.39 is 0 Å². The largest absolute Gasteiger partial charge is 0.324 e. The average Bonchev–Trinajstić information content (AvgIpc) is 1.93. The van der Waals surface area contributed by atoms with Gasteiger partial charge in [0.15, 0.2) is 0 Å². The summed E-state index contributed by atoms with van der Waals surface area (Å²) in [6, 6.07) is 0. The fourth-order valence-electron chi connectivity index (χ4n) is 1.88. The van der Waals surface area contributed by atoms with Crippen LogP contribution in [-0.4, -0.2) is 16.0 Å². The van der Waals surface area contributed by atoms with Crippen molar-refractivity contribution in [2.24, 2.45) is 5.73 Å². The van der Waals surface area contributed by atoms with Crippen molar-refractivity contribution in [1.29, 1.82) is 0 Å². The average molecular weight is 157 g/mol. The normalized spacial score (nSPS) is 53.4. The summed E-state index contributed by atoms with van der Waals surface area (Å²) in [6.45, 7) is 2.39. The standard InChI is InChI=1S/C8H15NS/c1-7-2-4-8(9,5-3-7)6-10-7/h2-6,9H2,1H3. The molecule has 2 saturated heterocycles. The van der Waals surface area contributed by atoms with Gasteiger partial charge in [0.05, 0.1) is 0 Å². The van der Waals surface area contributed by atoms with Crippen molar-refractivity contribution in [2.75, 3.05) is 5.75 Å². The molecule has 0 aromatic rings. The van der Waals surface area contributed by atoms with Crippen molar-refractivity contribution in [2.45, 2.75) is 42.9 Å². The minimum absolute atomic E-state index is 0.225. The molecule has 0 aromatic heterocycles. The summed E-state index contributed by atoms with van der Waals surface area (Å²) in [5.41, 5.74) is 6.36. The van der Waals surface area contributed by atoms with Gasteiger partial charge in [-0.25, -0.2) is 0 Å². The minimum Gasteiger partial charge on any atom is -0.324 e. The third-order valence-electron chi connectivity index (χ3n) is 3.01. The minimum atomic E-state index is 0.225. The van der Waals surface area contributed by atoms with Crippen LogP contribution in [0.4, 0.5) is 0 Å². The summed E-state index contributed by atoms with van der Waals surface area (Å²) in [4.78, 5) is 0. The lowest BCUT2D eigenvalue weighted by Gasteiger charge is -2.49. The third-order valence-corrected chi connectivity index (χ3v) is 4.84. The van der Waals surface area contributed by atoms with Gasteiger partial charge >= 0.3 is 0 Å². The molecule has 2 N–H and O–H groups in total. The van der Waals surface area contributed by atoms with Gasteiger partial charge in [0.2, 0.25) is 0 Å². The van der Waals surface area contributed by atoms with Crippen molar-refractivity contribution >= 4 is 11.8 Å². The van der Waals surface area contributed by atoms with Crippen LogP contribution in [-0.2, 0) is 0 Å². The molecule has 0 radical (unpaired) electrons. The third kappa shape index (κ3) is 0.978. The van der Waals surface area contributed by atoms with Gasteiger partial charge in [0, 0.05) is 16.0 Å². The first-order chi connectivity index (χ1) is 4.62. The molecule has 3 aliphatic rings. The van der Waals surface area contributed by atoms with Crippen LogP contribution < -0.4 is 5.73 Å². The molecule has 1 nitrogen and oxygen atoms in total. The molecule has 1 saturated carbocycles. The highest BCUT2D eigenvalue weighted by Gasteiger charge is 2.44. The number of hydrogen-bond donors (Lipinski definition) is 1. The zero-order valence-corrected chi connectivity index (χ0v) is 7.34. The van der Waals surface area contributed by atoms with Gasteiger partial charge in [-0.15, -0.1) is 0 Å². The maximum atomic E-state index is 6.13. The van der Waals surface area contributed by atoms with E-state index >= 15 is 0 Å². The van der Waals surface area contributed by atoms with Gasteiger partial charge in [-0.05, 0) is 25.7 Å². The van der Waals surface area contributed by atoms with Gasteiger partial charge in [0.1, 0.15) is 0 Å². The molecule has 2 bridgehead atoms. The van der Waals surface area contributed by atoms with E-state index in [1.54, 1.807) is 0 Å². The number of nitrogens with two attached hydrogens (primary N) is 1. The summed E-state index contributed by atoms with van der Waals surface area (Å²) >= 11 is 2.09. The monoisotopic (exact) mass is 157 g/mol. The topological polar surface area (TPSA) is 26.0 Å². The van der Waals surface area contributed by atoms with Crippen LogP contribution in [0.5, 0.6) is 0 Å². The summed E-state index contributed by atoms with van der Waals surface area (Å²) < 4.78 is 0.598. The Kier molecular flexibility index (Phi) is 1.34. The van der Waals surface area contributed by atoms with E-state index in [-0.39, 0.29) is 5.54 Å². The molecule has 0 amide bonds. The highest BCUT2D eigenvalue weighted by molar-refractivity contribution is 8.00. The zero-order chi connectivity index (χ0) is 7.24. The molecular weight excluding hydrogens is 142 g/mol. The first-order valence-electron chi connectivity index (χ1n) is 4.05. The Bertz CT molecular complexity index is 113. The lowest BCUT2D eigenvalue weighted by Crippen LogP contribution is -2.54. The van der Waals surface area contributed by atoms with Gasteiger partial charge < -0.3 is 5.73 Å². The molecule has 2 heterocycles. The van der Waals surface area contributed by atoms with Crippen LogP contribution in [0, 0.1) is 0 Å². The molecule has 0 aromatic carbocycles. The highest BCUT2D eigenvalue weighted by Crippen LogP contribution is 2.49. The predicted octanol–water partition coefficient (Wildman–Crippen LogP) is 1.76. The fourth-order valence-corrected chi connectivity index (χ4v) is 3.30. The molecule has 0 atom stereocenters. The molecule has 10 heavy (non-hydrogen) atoms. The smallest absolute Gasteiger partial charge is 0.0247 e. The van der Waals surface area contributed by atoms with Crippen LogP contribution in [0.15, 0.2) is 0 Å². The van der Waals surface area contributed by atoms with E-state index in [0.29, 0.717) is 4.75 Å². The maximum Gasteiger partial charge on any atom is 0.0247 e.